The van der Waals surface area contributed by atoms with Crippen molar-refractivity contribution in [3.63, 3.8) is 0 Å². The molecular formula is C13H12BrNO3. The Labute approximate surface area is 114 Å². The number of terminal acetylenes is 1. The summed E-state index contributed by atoms with van der Waals surface area (Å²) >= 11 is 3.27. The average molecular weight is 310 g/mol. The van der Waals surface area contributed by atoms with E-state index in [1.807, 2.05) is 6.92 Å². The van der Waals surface area contributed by atoms with Crippen LogP contribution in [0.1, 0.15) is 22.3 Å². The van der Waals surface area contributed by atoms with Gasteiger partial charge in [0.05, 0.1) is 5.56 Å². The Hall–Kier alpha value is -1.80. The molecule has 1 rings (SSSR count). The lowest BCUT2D eigenvalue weighted by atomic mass is 10.1. The molecule has 0 aromatic heterocycles. The van der Waals surface area contributed by atoms with Crippen molar-refractivity contribution >= 4 is 27.8 Å². The maximum absolute atomic E-state index is 11.9. The van der Waals surface area contributed by atoms with Crippen molar-refractivity contribution in [2.75, 3.05) is 0 Å². The third kappa shape index (κ3) is 3.60. The molecule has 0 bridgehead atoms. The topological polar surface area (TPSA) is 66.4 Å². The molecule has 0 radical (unpaired) electrons. The van der Waals surface area contributed by atoms with Gasteiger partial charge in [-0.2, -0.15) is 0 Å². The lowest BCUT2D eigenvalue weighted by molar-refractivity contribution is -0.139. The van der Waals surface area contributed by atoms with Crippen LogP contribution in [0.25, 0.3) is 0 Å². The van der Waals surface area contributed by atoms with Crippen molar-refractivity contribution < 1.29 is 14.7 Å². The number of aliphatic carboxylic acids is 1. The highest BCUT2D eigenvalue weighted by atomic mass is 79.9. The summed E-state index contributed by atoms with van der Waals surface area (Å²) < 4.78 is 0.616. The molecule has 0 spiro atoms. The first-order valence-corrected chi connectivity index (χ1v) is 5.98. The van der Waals surface area contributed by atoms with E-state index in [-0.39, 0.29) is 6.42 Å². The summed E-state index contributed by atoms with van der Waals surface area (Å²) in [6.45, 7) is 1.89. The first kappa shape index (κ1) is 14.3. The maximum Gasteiger partial charge on any atom is 0.327 e. The number of carboxylic acid groups (broad SMARTS) is 1. The van der Waals surface area contributed by atoms with Crippen LogP contribution in [0, 0.1) is 19.3 Å². The fourth-order valence-electron chi connectivity index (χ4n) is 1.36. The Morgan fingerprint density at radius 1 is 1.56 bits per heavy atom. The molecule has 0 saturated carbocycles. The van der Waals surface area contributed by atoms with Gasteiger partial charge in [0, 0.05) is 10.9 Å². The molecule has 0 fully saturated rings. The summed E-state index contributed by atoms with van der Waals surface area (Å²) in [5, 5.41) is 11.3. The van der Waals surface area contributed by atoms with Crippen molar-refractivity contribution in [3.8, 4) is 12.3 Å². The standard InChI is InChI=1S/C13H12BrNO3/c1-3-4-11(13(17)18)15-12(16)9-6-5-8(2)7-10(9)14/h1,5-7,11H,4H2,2H3,(H,15,16)(H,17,18). The Balaban J connectivity index is 2.87. The molecule has 1 amide bonds. The monoisotopic (exact) mass is 309 g/mol. The number of carboxylic acids is 1. The SMILES string of the molecule is C#CCC(NC(=O)c1ccc(C)cc1Br)C(=O)O. The van der Waals surface area contributed by atoms with Gasteiger partial charge >= 0.3 is 5.97 Å². The van der Waals surface area contributed by atoms with Crippen LogP contribution in [0.2, 0.25) is 0 Å². The Morgan fingerprint density at radius 3 is 2.72 bits per heavy atom. The zero-order chi connectivity index (χ0) is 13.7. The molecule has 2 N–H and O–H groups in total. The van der Waals surface area contributed by atoms with Gasteiger partial charge in [-0.1, -0.05) is 6.07 Å². The van der Waals surface area contributed by atoms with Crippen LogP contribution in [0.15, 0.2) is 22.7 Å². The second-order valence-corrected chi connectivity index (χ2v) is 4.61. The Bertz CT molecular complexity index is 519. The van der Waals surface area contributed by atoms with E-state index in [9.17, 15) is 9.59 Å². The predicted molar refractivity (Wildman–Crippen MR) is 71.2 cm³/mol. The number of amides is 1. The van der Waals surface area contributed by atoms with Gasteiger partial charge in [-0.25, -0.2) is 4.79 Å². The third-order valence-corrected chi connectivity index (χ3v) is 2.95. The van der Waals surface area contributed by atoms with E-state index in [0.717, 1.165) is 5.56 Å². The van der Waals surface area contributed by atoms with Crippen LogP contribution < -0.4 is 5.32 Å². The largest absolute Gasteiger partial charge is 0.480 e. The average Bonchev–Trinajstić information content (AvgIpc) is 2.27. The van der Waals surface area contributed by atoms with Crippen molar-refractivity contribution in [2.45, 2.75) is 19.4 Å². The highest BCUT2D eigenvalue weighted by molar-refractivity contribution is 9.10. The van der Waals surface area contributed by atoms with Crippen LogP contribution >= 0.6 is 15.9 Å². The summed E-state index contributed by atoms with van der Waals surface area (Å²) in [6, 6.07) is 4.11. The highest BCUT2D eigenvalue weighted by Crippen LogP contribution is 2.18. The van der Waals surface area contributed by atoms with Gasteiger partial charge in [0.15, 0.2) is 0 Å². The van der Waals surface area contributed by atoms with Crippen LogP contribution in [0.5, 0.6) is 0 Å². The number of rotatable bonds is 4. The minimum atomic E-state index is -1.15. The second kappa shape index (κ2) is 6.22. The lowest BCUT2D eigenvalue weighted by Gasteiger charge is -2.12. The van der Waals surface area contributed by atoms with Crippen LogP contribution in [0.4, 0.5) is 0 Å². The number of hydrogen-bond acceptors (Lipinski definition) is 2. The molecule has 94 valence electrons. The van der Waals surface area contributed by atoms with Crippen LogP contribution in [-0.2, 0) is 4.79 Å². The second-order valence-electron chi connectivity index (χ2n) is 3.76. The van der Waals surface area contributed by atoms with Gasteiger partial charge < -0.3 is 10.4 Å². The summed E-state index contributed by atoms with van der Waals surface area (Å²) in [6.07, 6.45) is 5.01. The molecule has 5 heteroatoms. The number of halogens is 1. The maximum atomic E-state index is 11.9. The molecule has 0 aliphatic rings. The van der Waals surface area contributed by atoms with E-state index < -0.39 is 17.9 Å². The van der Waals surface area contributed by atoms with E-state index in [1.165, 1.54) is 0 Å². The quantitative estimate of drug-likeness (QED) is 0.836. The molecular weight excluding hydrogens is 298 g/mol. The third-order valence-electron chi connectivity index (χ3n) is 2.29. The summed E-state index contributed by atoms with van der Waals surface area (Å²) in [5.41, 5.74) is 1.38. The normalized spacial score (nSPS) is 11.4. The molecule has 1 unspecified atom stereocenters. The molecule has 18 heavy (non-hydrogen) atoms. The molecule has 1 atom stereocenters. The van der Waals surface area contributed by atoms with Gasteiger partial charge in [-0.3, -0.25) is 4.79 Å². The zero-order valence-corrected chi connectivity index (χ0v) is 11.3. The van der Waals surface area contributed by atoms with E-state index in [4.69, 9.17) is 11.5 Å². The number of hydrogen-bond donors (Lipinski definition) is 2. The Morgan fingerprint density at radius 2 is 2.22 bits per heavy atom. The van der Waals surface area contributed by atoms with Gasteiger partial charge in [-0.15, -0.1) is 12.3 Å². The molecule has 4 nitrogen and oxygen atoms in total. The van der Waals surface area contributed by atoms with Gasteiger partial charge in [0.2, 0.25) is 0 Å². The predicted octanol–water partition coefficient (Wildman–Crippen LogP) is 1.96. The van der Waals surface area contributed by atoms with E-state index in [0.29, 0.717) is 10.0 Å². The summed E-state index contributed by atoms with van der Waals surface area (Å²) in [4.78, 5) is 22.8. The van der Waals surface area contributed by atoms with E-state index in [2.05, 4.69) is 27.2 Å². The van der Waals surface area contributed by atoms with Crippen molar-refractivity contribution in [1.82, 2.24) is 5.32 Å². The smallest absolute Gasteiger partial charge is 0.327 e. The molecule has 1 aromatic carbocycles. The number of benzene rings is 1. The number of carbonyl (C=O) groups excluding carboxylic acids is 1. The fraction of sp³-hybridized carbons (Fsp3) is 0.231. The molecule has 0 heterocycles. The minimum Gasteiger partial charge on any atom is -0.480 e. The number of carbonyl (C=O) groups is 2. The van der Waals surface area contributed by atoms with E-state index in [1.54, 1.807) is 18.2 Å². The molecule has 0 aliphatic heterocycles. The van der Waals surface area contributed by atoms with Crippen LogP contribution in [-0.4, -0.2) is 23.0 Å². The molecule has 0 aliphatic carbocycles. The molecule has 0 saturated heterocycles. The zero-order valence-electron chi connectivity index (χ0n) is 9.74. The van der Waals surface area contributed by atoms with Gasteiger partial charge in [-0.05, 0) is 40.5 Å². The lowest BCUT2D eigenvalue weighted by Crippen LogP contribution is -2.40. The van der Waals surface area contributed by atoms with Crippen molar-refractivity contribution in [2.24, 2.45) is 0 Å². The van der Waals surface area contributed by atoms with Gasteiger partial charge in [0.25, 0.3) is 5.91 Å². The van der Waals surface area contributed by atoms with Crippen LogP contribution in [0.3, 0.4) is 0 Å². The summed E-state index contributed by atoms with van der Waals surface area (Å²) in [5.74, 6) is 0.606. The van der Waals surface area contributed by atoms with Crippen molar-refractivity contribution in [1.29, 1.82) is 0 Å². The highest BCUT2D eigenvalue weighted by Gasteiger charge is 2.20. The first-order chi connectivity index (χ1) is 8.45. The minimum absolute atomic E-state index is 0.0510. The number of nitrogens with one attached hydrogen (secondary N) is 1. The van der Waals surface area contributed by atoms with Gasteiger partial charge in [0.1, 0.15) is 6.04 Å². The van der Waals surface area contributed by atoms with E-state index >= 15 is 0 Å². The number of aryl methyl sites for hydroxylation is 1. The van der Waals surface area contributed by atoms with Crippen molar-refractivity contribution in [3.05, 3.63) is 33.8 Å². The first-order valence-electron chi connectivity index (χ1n) is 5.19. The fourth-order valence-corrected chi connectivity index (χ4v) is 2.03. The summed E-state index contributed by atoms with van der Waals surface area (Å²) in [7, 11) is 0. The molecule has 1 aromatic rings. The Kier molecular flexibility index (Phi) is 4.93.